The highest BCUT2D eigenvalue weighted by Crippen LogP contribution is 2.38. The van der Waals surface area contributed by atoms with Crippen LogP contribution in [0.5, 0.6) is 0 Å². The van der Waals surface area contributed by atoms with Crippen molar-refractivity contribution in [3.05, 3.63) is 95.3 Å². The van der Waals surface area contributed by atoms with Gasteiger partial charge in [0.25, 0.3) is 0 Å². The molecule has 1 N–H and O–H groups in total. The molecule has 2 atom stereocenters. The molecule has 1 aliphatic heterocycles. The van der Waals surface area contributed by atoms with Crippen LogP contribution in [0.25, 0.3) is 0 Å². The molecule has 3 aromatic rings. The highest BCUT2D eigenvalue weighted by molar-refractivity contribution is 7.89. The monoisotopic (exact) mass is 460 g/mol. The van der Waals surface area contributed by atoms with Gasteiger partial charge in [0.05, 0.1) is 11.4 Å². The summed E-state index contributed by atoms with van der Waals surface area (Å²) in [5.41, 5.74) is 0.974. The molecule has 6 nitrogen and oxygen atoms in total. The lowest BCUT2D eigenvalue weighted by Gasteiger charge is -2.25. The summed E-state index contributed by atoms with van der Waals surface area (Å²) in [7, 11) is -3.82. The molecular weight excluding hydrogens is 443 g/mol. The lowest BCUT2D eigenvalue weighted by molar-refractivity contribution is 0.134. The summed E-state index contributed by atoms with van der Waals surface area (Å²) in [6, 6.07) is 19.4. The van der Waals surface area contributed by atoms with Gasteiger partial charge in [0.15, 0.2) is 0 Å². The number of halogens is 2. The first-order valence-corrected chi connectivity index (χ1v) is 11.3. The number of nitrogens with one attached hydrogen (secondary N) is 1. The minimum absolute atomic E-state index is 0.0937. The third-order valence-corrected chi connectivity index (χ3v) is 6.59. The summed E-state index contributed by atoms with van der Waals surface area (Å²) in [6.45, 7) is -0.186. The maximum Gasteiger partial charge on any atom is 0.415 e. The molecule has 31 heavy (non-hydrogen) atoms. The number of nitrogens with zero attached hydrogens (tertiary/aromatic N) is 1. The number of anilines is 1. The van der Waals surface area contributed by atoms with Crippen LogP contribution in [0.4, 0.5) is 14.9 Å². The number of carbonyl (C=O) groups is 1. The highest BCUT2D eigenvalue weighted by Gasteiger charge is 2.44. The van der Waals surface area contributed by atoms with Crippen molar-refractivity contribution >= 4 is 33.4 Å². The van der Waals surface area contributed by atoms with E-state index in [1.54, 1.807) is 48.5 Å². The molecule has 0 aromatic heterocycles. The molecule has 0 saturated carbocycles. The summed E-state index contributed by atoms with van der Waals surface area (Å²) >= 11 is 5.95. The van der Waals surface area contributed by atoms with Crippen LogP contribution in [0.2, 0.25) is 5.02 Å². The van der Waals surface area contributed by atoms with E-state index in [0.717, 1.165) is 0 Å². The molecule has 160 valence electrons. The van der Waals surface area contributed by atoms with Crippen LogP contribution < -0.4 is 9.62 Å². The van der Waals surface area contributed by atoms with E-state index in [4.69, 9.17) is 16.3 Å². The third kappa shape index (κ3) is 4.56. The van der Waals surface area contributed by atoms with E-state index in [0.29, 0.717) is 16.3 Å². The van der Waals surface area contributed by atoms with Crippen molar-refractivity contribution in [2.75, 3.05) is 11.4 Å². The minimum Gasteiger partial charge on any atom is -0.442 e. The molecule has 0 spiro atoms. The fraction of sp³-hybridized carbons (Fsp3) is 0.136. The zero-order chi connectivity index (χ0) is 22.0. The number of cyclic esters (lactones) is 1. The second kappa shape index (κ2) is 8.66. The largest absolute Gasteiger partial charge is 0.442 e. The molecule has 1 amide bonds. The van der Waals surface area contributed by atoms with Crippen molar-refractivity contribution < 1.29 is 22.3 Å². The Bertz CT molecular complexity index is 1190. The van der Waals surface area contributed by atoms with Gasteiger partial charge >= 0.3 is 6.09 Å². The second-order valence-corrected chi connectivity index (χ2v) is 9.14. The van der Waals surface area contributed by atoms with Gasteiger partial charge in [-0.2, -0.15) is 0 Å². The molecule has 3 aromatic carbocycles. The summed E-state index contributed by atoms with van der Waals surface area (Å²) in [5, 5.41) is 0.491. The fourth-order valence-electron chi connectivity index (χ4n) is 3.48. The molecule has 0 aliphatic carbocycles. The van der Waals surface area contributed by atoms with Gasteiger partial charge in [0.1, 0.15) is 18.0 Å². The average Bonchev–Trinajstić information content (AvgIpc) is 3.10. The Morgan fingerprint density at radius 2 is 1.71 bits per heavy atom. The quantitative estimate of drug-likeness (QED) is 0.586. The van der Waals surface area contributed by atoms with Gasteiger partial charge in [0, 0.05) is 10.7 Å². The second-order valence-electron chi connectivity index (χ2n) is 6.93. The maximum atomic E-state index is 14.0. The Kier molecular flexibility index (Phi) is 5.95. The number of amides is 1. The van der Waals surface area contributed by atoms with Crippen LogP contribution in [-0.4, -0.2) is 27.2 Å². The molecule has 1 saturated heterocycles. The summed E-state index contributed by atoms with van der Waals surface area (Å²) < 4.78 is 47.2. The molecule has 0 bridgehead atoms. The van der Waals surface area contributed by atoms with E-state index < -0.39 is 34.1 Å². The van der Waals surface area contributed by atoms with E-state index in [-0.39, 0.29) is 11.4 Å². The predicted octanol–water partition coefficient (Wildman–Crippen LogP) is 4.52. The van der Waals surface area contributed by atoms with Gasteiger partial charge in [-0.1, -0.05) is 41.9 Å². The number of carbonyl (C=O) groups excluding carboxylic acids is 1. The van der Waals surface area contributed by atoms with Crippen molar-refractivity contribution in [1.29, 1.82) is 0 Å². The molecule has 0 unspecified atom stereocenters. The highest BCUT2D eigenvalue weighted by atomic mass is 35.5. The van der Waals surface area contributed by atoms with Gasteiger partial charge < -0.3 is 4.74 Å². The van der Waals surface area contributed by atoms with E-state index in [2.05, 4.69) is 4.72 Å². The van der Waals surface area contributed by atoms with Crippen molar-refractivity contribution in [1.82, 2.24) is 4.72 Å². The van der Waals surface area contributed by atoms with Crippen LogP contribution in [0, 0.1) is 5.82 Å². The predicted molar refractivity (Wildman–Crippen MR) is 115 cm³/mol. The number of hydrogen-bond acceptors (Lipinski definition) is 4. The van der Waals surface area contributed by atoms with E-state index >= 15 is 0 Å². The van der Waals surface area contributed by atoms with E-state index in [1.807, 2.05) is 0 Å². The first-order valence-electron chi connectivity index (χ1n) is 9.41. The number of ether oxygens (including phenoxy) is 1. The van der Waals surface area contributed by atoms with Gasteiger partial charge in [-0.25, -0.2) is 22.3 Å². The van der Waals surface area contributed by atoms with E-state index in [1.165, 1.54) is 35.2 Å². The first-order chi connectivity index (χ1) is 14.8. The van der Waals surface area contributed by atoms with Gasteiger partial charge in [-0.15, -0.1) is 0 Å². The summed E-state index contributed by atoms with van der Waals surface area (Å²) in [6.07, 6.45) is -1.55. The zero-order valence-corrected chi connectivity index (χ0v) is 17.7. The van der Waals surface area contributed by atoms with Crippen LogP contribution in [0.15, 0.2) is 83.8 Å². The lowest BCUT2D eigenvalue weighted by Crippen LogP contribution is -2.37. The Hall–Kier alpha value is -2.94. The van der Waals surface area contributed by atoms with Crippen LogP contribution >= 0.6 is 11.6 Å². The molecule has 1 fully saturated rings. The van der Waals surface area contributed by atoms with Crippen LogP contribution in [0.1, 0.15) is 11.6 Å². The lowest BCUT2D eigenvalue weighted by atomic mass is 10.00. The normalized spacial score (nSPS) is 18.8. The van der Waals surface area contributed by atoms with Crippen molar-refractivity contribution in [3.8, 4) is 0 Å². The zero-order valence-electron chi connectivity index (χ0n) is 16.1. The van der Waals surface area contributed by atoms with Gasteiger partial charge in [0.2, 0.25) is 10.0 Å². The Morgan fingerprint density at radius 1 is 1.00 bits per heavy atom. The van der Waals surface area contributed by atoms with Crippen LogP contribution in [0.3, 0.4) is 0 Å². The smallest absolute Gasteiger partial charge is 0.415 e. The van der Waals surface area contributed by atoms with E-state index in [9.17, 15) is 17.6 Å². The fourth-order valence-corrected chi connectivity index (χ4v) is 4.67. The average molecular weight is 461 g/mol. The standard InChI is InChI=1S/C22H18ClFN2O4S/c23-16-9-11-18(12-10-16)26-21(15-5-4-6-17(24)13-15)20(30-22(26)27)14-25-31(28,29)19-7-2-1-3-8-19/h1-13,20-21,25H,14H2/t20-,21-/m0/s1. The van der Waals surface area contributed by atoms with Crippen LogP contribution in [-0.2, 0) is 14.8 Å². The number of rotatable bonds is 6. The van der Waals surface area contributed by atoms with Gasteiger partial charge in [-0.3, -0.25) is 4.90 Å². The number of sulfonamides is 1. The maximum absolute atomic E-state index is 14.0. The topological polar surface area (TPSA) is 75.7 Å². The summed E-state index contributed by atoms with van der Waals surface area (Å²) in [5.74, 6) is -0.475. The Balaban J connectivity index is 1.66. The number of benzene rings is 3. The molecule has 1 heterocycles. The Labute approximate surface area is 184 Å². The molecule has 9 heteroatoms. The molecule has 4 rings (SSSR count). The van der Waals surface area contributed by atoms with Crippen molar-refractivity contribution in [2.45, 2.75) is 17.0 Å². The third-order valence-electron chi connectivity index (χ3n) is 4.90. The first kappa shape index (κ1) is 21.3. The van der Waals surface area contributed by atoms with Gasteiger partial charge in [-0.05, 0) is 54.1 Å². The molecule has 0 radical (unpaired) electrons. The Morgan fingerprint density at radius 3 is 2.39 bits per heavy atom. The van der Waals surface area contributed by atoms with Crippen molar-refractivity contribution in [3.63, 3.8) is 0 Å². The molecular formula is C22H18ClFN2O4S. The summed E-state index contributed by atoms with van der Waals surface area (Å²) in [4.78, 5) is 14.2. The molecule has 1 aliphatic rings. The SMILES string of the molecule is O=C1O[C@@H](CNS(=O)(=O)c2ccccc2)[C@H](c2cccc(F)c2)N1c1ccc(Cl)cc1. The van der Waals surface area contributed by atoms with Crippen molar-refractivity contribution in [2.24, 2.45) is 0 Å². The number of hydrogen-bond donors (Lipinski definition) is 1. The minimum atomic E-state index is -3.82.